The number of carbonyl (C=O) groups excluding carboxylic acids is 1. The van der Waals surface area contributed by atoms with E-state index in [4.69, 9.17) is 14.2 Å². The summed E-state index contributed by atoms with van der Waals surface area (Å²) >= 11 is 0. The molecule has 0 radical (unpaired) electrons. The van der Waals surface area contributed by atoms with Gasteiger partial charge in [0.2, 0.25) is 6.79 Å². The molecule has 1 aromatic heterocycles. The summed E-state index contributed by atoms with van der Waals surface area (Å²) in [7, 11) is 1.64. The number of carbonyl (C=O) groups is 1. The van der Waals surface area contributed by atoms with E-state index in [9.17, 15) is 4.79 Å². The second-order valence-corrected chi connectivity index (χ2v) is 6.84. The average molecular weight is 377 g/mol. The number of fused-ring (bicyclic) bond motifs is 2. The van der Waals surface area contributed by atoms with Gasteiger partial charge in [-0.15, -0.1) is 0 Å². The van der Waals surface area contributed by atoms with Crippen molar-refractivity contribution in [1.29, 1.82) is 0 Å². The van der Waals surface area contributed by atoms with Crippen LogP contribution in [0.3, 0.4) is 0 Å². The normalized spacial score (nSPS) is 16.8. The van der Waals surface area contributed by atoms with E-state index in [2.05, 4.69) is 10.4 Å². The average Bonchev–Trinajstić information content (AvgIpc) is 3.39. The van der Waals surface area contributed by atoms with Crippen LogP contribution in [-0.4, -0.2) is 29.6 Å². The van der Waals surface area contributed by atoms with E-state index in [1.54, 1.807) is 11.8 Å². The fraction of sp³-hybridized carbons (Fsp3) is 0.238. The predicted octanol–water partition coefficient (Wildman–Crippen LogP) is 2.81. The Morgan fingerprint density at radius 3 is 2.89 bits per heavy atom. The fourth-order valence-electron chi connectivity index (χ4n) is 3.90. The second-order valence-electron chi connectivity index (χ2n) is 6.84. The Morgan fingerprint density at radius 1 is 1.21 bits per heavy atom. The summed E-state index contributed by atoms with van der Waals surface area (Å²) in [5.41, 5.74) is 4.22. The lowest BCUT2D eigenvalue weighted by molar-refractivity contribution is 0.0950. The van der Waals surface area contributed by atoms with E-state index >= 15 is 0 Å². The first-order valence-corrected chi connectivity index (χ1v) is 9.05. The number of hydrogen-bond acceptors (Lipinski definition) is 5. The van der Waals surface area contributed by atoms with Gasteiger partial charge in [-0.3, -0.25) is 9.48 Å². The zero-order valence-corrected chi connectivity index (χ0v) is 15.6. The SMILES string of the molecule is COc1ccccc1Cn1nc(C)c2c1C(=O)NC2c1ccc2c(c1)OCO2. The summed E-state index contributed by atoms with van der Waals surface area (Å²) in [4.78, 5) is 12.8. The van der Waals surface area contributed by atoms with E-state index in [1.807, 2.05) is 49.4 Å². The van der Waals surface area contributed by atoms with Gasteiger partial charge in [-0.05, 0) is 30.7 Å². The van der Waals surface area contributed by atoms with Crippen molar-refractivity contribution in [3.05, 3.63) is 70.5 Å². The summed E-state index contributed by atoms with van der Waals surface area (Å²) in [5, 5.41) is 7.72. The predicted molar refractivity (Wildman–Crippen MR) is 101 cm³/mol. The molecule has 2 aliphatic rings. The minimum absolute atomic E-state index is 0.131. The topological polar surface area (TPSA) is 74.6 Å². The van der Waals surface area contributed by atoms with Gasteiger partial charge in [0, 0.05) is 11.1 Å². The van der Waals surface area contributed by atoms with Crippen molar-refractivity contribution in [2.45, 2.75) is 19.5 Å². The Bertz CT molecular complexity index is 1090. The number of aromatic nitrogens is 2. The quantitative estimate of drug-likeness (QED) is 0.757. The van der Waals surface area contributed by atoms with Gasteiger partial charge < -0.3 is 19.5 Å². The third-order valence-corrected chi connectivity index (χ3v) is 5.20. The molecule has 1 atom stereocenters. The van der Waals surface area contributed by atoms with Gasteiger partial charge in [0.25, 0.3) is 5.91 Å². The number of hydrogen-bond donors (Lipinski definition) is 1. The van der Waals surface area contributed by atoms with Crippen LogP contribution in [0.2, 0.25) is 0 Å². The third-order valence-electron chi connectivity index (χ3n) is 5.20. The van der Waals surface area contributed by atoms with Crippen molar-refractivity contribution in [2.75, 3.05) is 13.9 Å². The smallest absolute Gasteiger partial charge is 0.270 e. The van der Waals surface area contributed by atoms with Crippen LogP contribution in [0.25, 0.3) is 0 Å². The number of para-hydroxylation sites is 1. The largest absolute Gasteiger partial charge is 0.496 e. The van der Waals surface area contributed by atoms with Gasteiger partial charge in [-0.2, -0.15) is 5.10 Å². The van der Waals surface area contributed by atoms with E-state index < -0.39 is 0 Å². The molecular formula is C21H19N3O4. The molecule has 5 rings (SSSR count). The van der Waals surface area contributed by atoms with Crippen LogP contribution < -0.4 is 19.5 Å². The lowest BCUT2D eigenvalue weighted by Crippen LogP contribution is -2.23. The molecule has 3 heterocycles. The molecule has 0 fully saturated rings. The molecule has 0 saturated carbocycles. The van der Waals surface area contributed by atoms with E-state index in [0.29, 0.717) is 18.0 Å². The van der Waals surface area contributed by atoms with Gasteiger partial charge in [0.1, 0.15) is 11.4 Å². The summed E-state index contributed by atoms with van der Waals surface area (Å²) < 4.78 is 18.1. The van der Waals surface area contributed by atoms with Crippen LogP contribution >= 0.6 is 0 Å². The first kappa shape index (κ1) is 16.7. The second kappa shape index (κ2) is 6.30. The number of amides is 1. The molecule has 142 valence electrons. The van der Waals surface area contributed by atoms with Crippen molar-refractivity contribution in [1.82, 2.24) is 15.1 Å². The van der Waals surface area contributed by atoms with Crippen LogP contribution in [0.5, 0.6) is 17.2 Å². The van der Waals surface area contributed by atoms with E-state index in [0.717, 1.165) is 33.9 Å². The Labute approximate surface area is 161 Å². The molecule has 7 nitrogen and oxygen atoms in total. The Morgan fingerprint density at radius 2 is 2.04 bits per heavy atom. The molecule has 2 aliphatic heterocycles. The van der Waals surface area contributed by atoms with Gasteiger partial charge in [-0.25, -0.2) is 0 Å². The Hall–Kier alpha value is -3.48. The van der Waals surface area contributed by atoms with Crippen molar-refractivity contribution in [2.24, 2.45) is 0 Å². The van der Waals surface area contributed by atoms with E-state index in [1.165, 1.54) is 0 Å². The molecule has 1 unspecified atom stereocenters. The molecule has 7 heteroatoms. The molecule has 3 aromatic rings. The zero-order valence-electron chi connectivity index (χ0n) is 15.6. The molecule has 2 aromatic carbocycles. The number of rotatable bonds is 4. The number of ether oxygens (including phenoxy) is 3. The van der Waals surface area contributed by atoms with Crippen molar-refractivity contribution in [3.63, 3.8) is 0 Å². The maximum atomic E-state index is 12.8. The highest BCUT2D eigenvalue weighted by Crippen LogP contribution is 2.39. The maximum absolute atomic E-state index is 12.8. The number of nitrogens with zero attached hydrogens (tertiary/aromatic N) is 2. The Kier molecular flexibility index (Phi) is 3.75. The minimum atomic E-state index is -0.261. The fourth-order valence-corrected chi connectivity index (χ4v) is 3.90. The number of methoxy groups -OCH3 is 1. The van der Waals surface area contributed by atoms with Gasteiger partial charge in [0.05, 0.1) is 25.4 Å². The third kappa shape index (κ3) is 2.51. The maximum Gasteiger partial charge on any atom is 0.270 e. The van der Waals surface area contributed by atoms with Crippen LogP contribution in [0.1, 0.15) is 38.9 Å². The molecule has 1 N–H and O–H groups in total. The van der Waals surface area contributed by atoms with Gasteiger partial charge >= 0.3 is 0 Å². The van der Waals surface area contributed by atoms with Gasteiger partial charge in [-0.1, -0.05) is 24.3 Å². The molecule has 0 aliphatic carbocycles. The number of benzene rings is 2. The molecular weight excluding hydrogens is 358 g/mol. The first-order valence-electron chi connectivity index (χ1n) is 9.05. The number of aryl methyl sites for hydroxylation is 1. The highest BCUT2D eigenvalue weighted by atomic mass is 16.7. The van der Waals surface area contributed by atoms with E-state index in [-0.39, 0.29) is 18.7 Å². The van der Waals surface area contributed by atoms with Crippen LogP contribution in [-0.2, 0) is 6.54 Å². The highest BCUT2D eigenvalue weighted by molar-refractivity contribution is 5.98. The van der Waals surface area contributed by atoms with Crippen LogP contribution in [0, 0.1) is 6.92 Å². The standard InChI is InChI=1S/C21H19N3O4/c1-12-18-19(13-7-8-16-17(9-13)28-11-27-16)22-21(25)20(18)24(23-12)10-14-5-3-4-6-15(14)26-2/h3-9,19H,10-11H2,1-2H3,(H,22,25). The monoisotopic (exact) mass is 377 g/mol. The molecule has 0 saturated heterocycles. The van der Waals surface area contributed by atoms with Crippen molar-refractivity contribution in [3.8, 4) is 17.2 Å². The van der Waals surface area contributed by atoms with Crippen LogP contribution in [0.4, 0.5) is 0 Å². The van der Waals surface area contributed by atoms with Crippen LogP contribution in [0.15, 0.2) is 42.5 Å². The summed E-state index contributed by atoms with van der Waals surface area (Å²) in [5.74, 6) is 2.06. The van der Waals surface area contributed by atoms with Gasteiger partial charge in [0.15, 0.2) is 11.5 Å². The lowest BCUT2D eigenvalue weighted by Gasteiger charge is -2.12. The van der Waals surface area contributed by atoms with Crippen molar-refractivity contribution < 1.29 is 19.0 Å². The zero-order chi connectivity index (χ0) is 19.3. The molecule has 0 bridgehead atoms. The molecule has 0 spiro atoms. The lowest BCUT2D eigenvalue weighted by atomic mass is 9.99. The van der Waals surface area contributed by atoms with Crippen molar-refractivity contribution >= 4 is 5.91 Å². The summed E-state index contributed by atoms with van der Waals surface area (Å²) in [6, 6.07) is 13.2. The number of nitrogens with one attached hydrogen (secondary N) is 1. The first-order chi connectivity index (χ1) is 13.7. The summed E-state index contributed by atoms with van der Waals surface area (Å²) in [6.07, 6.45) is 0. The summed E-state index contributed by atoms with van der Waals surface area (Å²) in [6.45, 7) is 2.61. The molecule has 28 heavy (non-hydrogen) atoms. The Balaban J connectivity index is 1.54. The minimum Gasteiger partial charge on any atom is -0.496 e. The highest BCUT2D eigenvalue weighted by Gasteiger charge is 2.37. The molecule has 1 amide bonds.